The molecule has 0 N–H and O–H groups in total. The first-order valence-electron chi connectivity index (χ1n) is 5.84. The third-order valence-electron chi connectivity index (χ3n) is 2.94. The second-order valence-electron chi connectivity index (χ2n) is 4.16. The normalized spacial score (nSPS) is 10.7. The molecule has 100 valence electrons. The van der Waals surface area contributed by atoms with Crippen molar-refractivity contribution in [1.82, 2.24) is 19.5 Å². The average molecular weight is 288 g/mol. The quantitative estimate of drug-likeness (QED) is 0.546. The maximum absolute atomic E-state index is 11.0. The van der Waals surface area contributed by atoms with Gasteiger partial charge in [0.2, 0.25) is 11.7 Å². The molecule has 0 aliphatic heterocycles. The SMILES string of the molecule is CN(C=O)c1cn(-c2ccnc(Cl)n2)c2cccnc12. The molecule has 0 atom stereocenters. The zero-order valence-electron chi connectivity index (χ0n) is 10.6. The van der Waals surface area contributed by atoms with Crippen molar-refractivity contribution in [3.05, 3.63) is 42.1 Å². The summed E-state index contributed by atoms with van der Waals surface area (Å²) in [5, 5.41) is 0.165. The first-order chi connectivity index (χ1) is 9.70. The van der Waals surface area contributed by atoms with Crippen LogP contribution >= 0.6 is 11.6 Å². The van der Waals surface area contributed by atoms with Crippen molar-refractivity contribution < 1.29 is 4.79 Å². The lowest BCUT2D eigenvalue weighted by Crippen LogP contribution is -2.13. The third-order valence-corrected chi connectivity index (χ3v) is 3.12. The number of rotatable bonds is 3. The Kier molecular flexibility index (Phi) is 3.08. The van der Waals surface area contributed by atoms with Gasteiger partial charge in [-0.05, 0) is 29.8 Å². The number of pyridine rings is 1. The maximum Gasteiger partial charge on any atom is 0.224 e. The van der Waals surface area contributed by atoms with Gasteiger partial charge in [-0.15, -0.1) is 0 Å². The number of aromatic nitrogens is 4. The first-order valence-corrected chi connectivity index (χ1v) is 6.21. The molecule has 0 saturated carbocycles. The van der Waals surface area contributed by atoms with Gasteiger partial charge in [-0.1, -0.05) is 0 Å². The minimum Gasteiger partial charge on any atom is -0.315 e. The largest absolute Gasteiger partial charge is 0.315 e. The highest BCUT2D eigenvalue weighted by Crippen LogP contribution is 2.28. The minimum atomic E-state index is 0.165. The molecule has 0 unspecified atom stereocenters. The molecule has 0 aromatic carbocycles. The van der Waals surface area contributed by atoms with E-state index in [1.807, 2.05) is 16.7 Å². The Hall–Kier alpha value is -2.47. The van der Waals surface area contributed by atoms with Gasteiger partial charge in [0, 0.05) is 25.6 Å². The number of hydrogen-bond donors (Lipinski definition) is 0. The lowest BCUT2D eigenvalue weighted by atomic mass is 10.3. The number of hydrogen-bond acceptors (Lipinski definition) is 4. The second-order valence-corrected chi connectivity index (χ2v) is 4.49. The monoisotopic (exact) mass is 287 g/mol. The van der Waals surface area contributed by atoms with Gasteiger partial charge in [0.05, 0.1) is 11.2 Å². The van der Waals surface area contributed by atoms with Gasteiger partial charge in [0.1, 0.15) is 11.3 Å². The molecule has 7 heteroatoms. The molecule has 0 bridgehead atoms. The van der Waals surface area contributed by atoms with E-state index in [-0.39, 0.29) is 5.28 Å². The van der Waals surface area contributed by atoms with E-state index in [0.29, 0.717) is 11.5 Å². The topological polar surface area (TPSA) is 63.9 Å². The lowest BCUT2D eigenvalue weighted by Gasteiger charge is -2.07. The van der Waals surface area contributed by atoms with Crippen LogP contribution in [0.3, 0.4) is 0 Å². The number of amides is 1. The highest BCUT2D eigenvalue weighted by atomic mass is 35.5. The third kappa shape index (κ3) is 2.00. The molecular formula is C13H10ClN5O. The van der Waals surface area contributed by atoms with E-state index >= 15 is 0 Å². The molecule has 0 saturated heterocycles. The lowest BCUT2D eigenvalue weighted by molar-refractivity contribution is -0.107. The predicted octanol–water partition coefficient (Wildman–Crippen LogP) is 2.06. The van der Waals surface area contributed by atoms with E-state index in [1.165, 1.54) is 4.90 Å². The second kappa shape index (κ2) is 4.90. The molecule has 3 aromatic rings. The molecule has 0 aliphatic carbocycles. The van der Waals surface area contributed by atoms with Crippen LogP contribution in [0.5, 0.6) is 0 Å². The van der Waals surface area contributed by atoms with Crippen LogP contribution in [0.2, 0.25) is 5.28 Å². The summed E-state index contributed by atoms with van der Waals surface area (Å²) >= 11 is 5.82. The van der Waals surface area contributed by atoms with Crippen LogP contribution in [0.25, 0.3) is 16.9 Å². The number of nitrogens with zero attached hydrogens (tertiary/aromatic N) is 5. The van der Waals surface area contributed by atoms with Crippen molar-refractivity contribution in [2.75, 3.05) is 11.9 Å². The number of anilines is 1. The molecular weight excluding hydrogens is 278 g/mol. The molecule has 0 fully saturated rings. The zero-order valence-corrected chi connectivity index (χ0v) is 11.3. The molecule has 1 amide bonds. The van der Waals surface area contributed by atoms with Crippen molar-refractivity contribution in [2.45, 2.75) is 0 Å². The highest BCUT2D eigenvalue weighted by Gasteiger charge is 2.14. The fraction of sp³-hybridized carbons (Fsp3) is 0.0769. The molecule has 0 radical (unpaired) electrons. The van der Waals surface area contributed by atoms with Gasteiger partial charge in [-0.25, -0.2) is 4.98 Å². The maximum atomic E-state index is 11.0. The standard InChI is InChI=1S/C13H10ClN5O/c1-18(8-20)10-7-19(9-3-2-5-15-12(9)10)11-4-6-16-13(14)17-11/h2-8H,1H3. The summed E-state index contributed by atoms with van der Waals surface area (Å²) in [5.41, 5.74) is 2.26. The summed E-state index contributed by atoms with van der Waals surface area (Å²) in [5.74, 6) is 0.619. The molecule has 0 aliphatic rings. The number of carbonyl (C=O) groups excluding carboxylic acids is 1. The summed E-state index contributed by atoms with van der Waals surface area (Å²) < 4.78 is 1.82. The van der Waals surface area contributed by atoms with Crippen LogP contribution in [0, 0.1) is 0 Å². The van der Waals surface area contributed by atoms with Crippen LogP contribution in [-0.4, -0.2) is 33.0 Å². The van der Waals surface area contributed by atoms with E-state index in [0.717, 1.165) is 17.4 Å². The molecule has 20 heavy (non-hydrogen) atoms. The smallest absolute Gasteiger partial charge is 0.224 e. The number of carbonyl (C=O) groups is 1. The van der Waals surface area contributed by atoms with E-state index in [4.69, 9.17) is 11.6 Å². The summed E-state index contributed by atoms with van der Waals surface area (Å²) in [6.07, 6.45) is 5.79. The van der Waals surface area contributed by atoms with Gasteiger partial charge in [-0.3, -0.25) is 14.3 Å². The van der Waals surface area contributed by atoms with Gasteiger partial charge >= 0.3 is 0 Å². The van der Waals surface area contributed by atoms with E-state index in [9.17, 15) is 4.79 Å². The molecule has 3 heterocycles. The molecule has 3 aromatic heterocycles. The minimum absolute atomic E-state index is 0.165. The Morgan fingerprint density at radius 1 is 1.30 bits per heavy atom. The van der Waals surface area contributed by atoms with Crippen LogP contribution < -0.4 is 4.90 Å². The summed E-state index contributed by atoms with van der Waals surface area (Å²) in [6.45, 7) is 0. The number of halogens is 1. The summed E-state index contributed by atoms with van der Waals surface area (Å²) in [6, 6.07) is 5.47. The Labute approximate surface area is 119 Å². The first kappa shape index (κ1) is 12.6. The van der Waals surface area contributed by atoms with Crippen molar-refractivity contribution in [3.8, 4) is 5.82 Å². The highest BCUT2D eigenvalue weighted by molar-refractivity contribution is 6.28. The Morgan fingerprint density at radius 3 is 2.90 bits per heavy atom. The molecule has 3 rings (SSSR count). The van der Waals surface area contributed by atoms with Crippen molar-refractivity contribution in [1.29, 1.82) is 0 Å². The summed E-state index contributed by atoms with van der Waals surface area (Å²) in [4.78, 5) is 24.8. The number of fused-ring (bicyclic) bond motifs is 1. The van der Waals surface area contributed by atoms with Crippen molar-refractivity contribution in [3.63, 3.8) is 0 Å². The van der Waals surface area contributed by atoms with Crippen LogP contribution in [0.4, 0.5) is 5.69 Å². The Balaban J connectivity index is 2.29. The van der Waals surface area contributed by atoms with Crippen molar-refractivity contribution in [2.24, 2.45) is 0 Å². The average Bonchev–Trinajstić information content (AvgIpc) is 2.86. The molecule has 0 spiro atoms. The van der Waals surface area contributed by atoms with Crippen LogP contribution in [0.1, 0.15) is 0 Å². The molecule has 6 nitrogen and oxygen atoms in total. The Bertz CT molecular complexity index is 785. The predicted molar refractivity (Wildman–Crippen MR) is 76.1 cm³/mol. The van der Waals surface area contributed by atoms with Crippen LogP contribution in [-0.2, 0) is 4.79 Å². The van der Waals surface area contributed by atoms with Gasteiger partial charge in [0.15, 0.2) is 0 Å². The van der Waals surface area contributed by atoms with E-state index < -0.39 is 0 Å². The van der Waals surface area contributed by atoms with Gasteiger partial charge in [0.25, 0.3) is 0 Å². The van der Waals surface area contributed by atoms with Crippen LogP contribution in [0.15, 0.2) is 36.8 Å². The Morgan fingerprint density at radius 2 is 2.15 bits per heavy atom. The summed E-state index contributed by atoms with van der Waals surface area (Å²) in [7, 11) is 1.67. The zero-order chi connectivity index (χ0) is 14.1. The van der Waals surface area contributed by atoms with Gasteiger partial charge < -0.3 is 4.90 Å². The van der Waals surface area contributed by atoms with Crippen molar-refractivity contribution >= 4 is 34.7 Å². The fourth-order valence-electron chi connectivity index (χ4n) is 2.01. The fourth-order valence-corrected chi connectivity index (χ4v) is 2.15. The van der Waals surface area contributed by atoms with E-state index in [2.05, 4.69) is 15.0 Å². The van der Waals surface area contributed by atoms with Gasteiger partial charge in [-0.2, -0.15) is 4.98 Å². The van der Waals surface area contributed by atoms with E-state index in [1.54, 1.807) is 31.7 Å².